The first-order chi connectivity index (χ1) is 6.09. The monoisotopic (exact) mass is 183 g/mol. The molecule has 0 N–H and O–H groups in total. The van der Waals surface area contributed by atoms with E-state index in [0.717, 1.165) is 17.9 Å². The summed E-state index contributed by atoms with van der Waals surface area (Å²) in [5, 5.41) is 0. The average molecular weight is 183 g/mol. The van der Waals surface area contributed by atoms with E-state index < -0.39 is 0 Å². The molecular weight excluding hydrogens is 158 g/mol. The highest BCUT2D eigenvalue weighted by Crippen LogP contribution is 2.26. The van der Waals surface area contributed by atoms with Crippen molar-refractivity contribution in [2.45, 2.75) is 52.5 Å². The Morgan fingerprint density at radius 3 is 2.15 bits per heavy atom. The van der Waals surface area contributed by atoms with E-state index in [4.69, 9.17) is 0 Å². The van der Waals surface area contributed by atoms with Crippen LogP contribution in [0.15, 0.2) is 0 Å². The van der Waals surface area contributed by atoms with Crippen LogP contribution in [-0.2, 0) is 0 Å². The molecule has 0 amide bonds. The van der Waals surface area contributed by atoms with E-state index >= 15 is 0 Å². The molecule has 0 aliphatic heterocycles. The van der Waals surface area contributed by atoms with Crippen LogP contribution in [0.4, 0.5) is 0 Å². The molecule has 0 spiro atoms. The third-order valence-electron chi connectivity index (χ3n) is 3.26. The summed E-state index contributed by atoms with van der Waals surface area (Å²) in [6.07, 6.45) is 5.72. The third kappa shape index (κ3) is 3.68. The molecule has 0 saturated heterocycles. The number of hydrogen-bond donors (Lipinski definition) is 0. The lowest BCUT2D eigenvalue weighted by Crippen LogP contribution is -2.37. The van der Waals surface area contributed by atoms with Gasteiger partial charge in [0.05, 0.1) is 0 Å². The lowest BCUT2D eigenvalue weighted by atomic mass is 9.86. The second-order valence-electron chi connectivity index (χ2n) is 5.25. The van der Waals surface area contributed by atoms with Crippen LogP contribution in [-0.4, -0.2) is 24.5 Å². The molecule has 1 aliphatic rings. The Hall–Kier alpha value is -0.0400. The van der Waals surface area contributed by atoms with Gasteiger partial charge in [-0.1, -0.05) is 20.8 Å². The smallest absolute Gasteiger partial charge is 0.00925 e. The van der Waals surface area contributed by atoms with Crippen LogP contribution in [0.2, 0.25) is 0 Å². The Balaban J connectivity index is 2.27. The van der Waals surface area contributed by atoms with Crippen LogP contribution in [0.3, 0.4) is 0 Å². The van der Waals surface area contributed by atoms with Gasteiger partial charge < -0.3 is 4.90 Å². The minimum Gasteiger partial charge on any atom is -0.303 e. The van der Waals surface area contributed by atoms with Crippen molar-refractivity contribution in [2.24, 2.45) is 11.8 Å². The van der Waals surface area contributed by atoms with Crippen molar-refractivity contribution in [3.8, 4) is 0 Å². The lowest BCUT2D eigenvalue weighted by Gasteiger charge is -2.34. The zero-order chi connectivity index (χ0) is 9.84. The van der Waals surface area contributed by atoms with Gasteiger partial charge in [-0.15, -0.1) is 0 Å². The van der Waals surface area contributed by atoms with Crippen molar-refractivity contribution in [1.82, 2.24) is 4.90 Å². The first-order valence-corrected chi connectivity index (χ1v) is 5.79. The van der Waals surface area contributed by atoms with E-state index in [1.54, 1.807) is 0 Å². The van der Waals surface area contributed by atoms with E-state index in [-0.39, 0.29) is 0 Å². The highest BCUT2D eigenvalue weighted by atomic mass is 15.1. The highest BCUT2D eigenvalue weighted by Gasteiger charge is 2.21. The molecule has 1 fully saturated rings. The molecule has 0 aromatic rings. The standard InChI is InChI=1S/C12H25N/c1-10(2)9-13(4)12-7-5-11(3)6-8-12/h10-12H,5-9H2,1-4H3/t11-,12+. The minimum absolute atomic E-state index is 0.810. The lowest BCUT2D eigenvalue weighted by molar-refractivity contribution is 0.156. The molecule has 1 heteroatoms. The largest absolute Gasteiger partial charge is 0.303 e. The molecule has 1 rings (SSSR count). The van der Waals surface area contributed by atoms with Crippen molar-refractivity contribution >= 4 is 0 Å². The predicted octanol–water partition coefficient (Wildman–Crippen LogP) is 3.15. The van der Waals surface area contributed by atoms with E-state index in [1.165, 1.54) is 32.2 Å². The van der Waals surface area contributed by atoms with Crippen LogP contribution in [0, 0.1) is 11.8 Å². The Morgan fingerprint density at radius 2 is 1.69 bits per heavy atom. The second kappa shape index (κ2) is 4.99. The van der Waals surface area contributed by atoms with Gasteiger partial charge >= 0.3 is 0 Å². The molecule has 1 nitrogen and oxygen atoms in total. The van der Waals surface area contributed by atoms with Crippen molar-refractivity contribution in [2.75, 3.05) is 13.6 Å². The van der Waals surface area contributed by atoms with Gasteiger partial charge in [0.1, 0.15) is 0 Å². The fraction of sp³-hybridized carbons (Fsp3) is 1.00. The molecule has 13 heavy (non-hydrogen) atoms. The van der Waals surface area contributed by atoms with Crippen molar-refractivity contribution in [3.05, 3.63) is 0 Å². The zero-order valence-electron chi connectivity index (χ0n) is 9.71. The third-order valence-corrected chi connectivity index (χ3v) is 3.26. The van der Waals surface area contributed by atoms with Gasteiger partial charge in [-0.25, -0.2) is 0 Å². The first-order valence-electron chi connectivity index (χ1n) is 5.79. The van der Waals surface area contributed by atoms with Gasteiger partial charge in [-0.2, -0.15) is 0 Å². The Kier molecular flexibility index (Phi) is 4.24. The van der Waals surface area contributed by atoms with Gasteiger partial charge in [0.15, 0.2) is 0 Å². The van der Waals surface area contributed by atoms with Crippen LogP contribution >= 0.6 is 0 Å². The summed E-state index contributed by atoms with van der Waals surface area (Å²) in [4.78, 5) is 2.57. The second-order valence-corrected chi connectivity index (χ2v) is 5.25. The maximum Gasteiger partial charge on any atom is 0.00925 e. The average Bonchev–Trinajstić information content (AvgIpc) is 2.04. The Bertz CT molecular complexity index is 134. The van der Waals surface area contributed by atoms with E-state index in [9.17, 15) is 0 Å². The summed E-state index contributed by atoms with van der Waals surface area (Å²) >= 11 is 0. The molecule has 0 bridgehead atoms. The maximum absolute atomic E-state index is 2.57. The molecule has 1 aliphatic carbocycles. The topological polar surface area (TPSA) is 3.24 Å². The molecule has 1 saturated carbocycles. The van der Waals surface area contributed by atoms with Gasteiger partial charge in [0.25, 0.3) is 0 Å². The quantitative estimate of drug-likeness (QED) is 0.649. The molecular formula is C12H25N. The minimum atomic E-state index is 0.810. The first kappa shape index (κ1) is 11.0. The van der Waals surface area contributed by atoms with Gasteiger partial charge in [0, 0.05) is 12.6 Å². The zero-order valence-corrected chi connectivity index (χ0v) is 9.71. The number of hydrogen-bond acceptors (Lipinski definition) is 1. The molecule has 0 unspecified atom stereocenters. The summed E-state index contributed by atoms with van der Waals surface area (Å²) in [5.74, 6) is 1.79. The highest BCUT2D eigenvalue weighted by molar-refractivity contribution is 4.76. The van der Waals surface area contributed by atoms with Gasteiger partial charge in [-0.3, -0.25) is 0 Å². The van der Waals surface area contributed by atoms with Crippen LogP contribution in [0.5, 0.6) is 0 Å². The molecule has 0 radical (unpaired) electrons. The van der Waals surface area contributed by atoms with E-state index in [2.05, 4.69) is 32.7 Å². The SMILES string of the molecule is CC(C)CN(C)[C@H]1CC[C@@H](C)CC1. The fourth-order valence-electron chi connectivity index (χ4n) is 2.41. The van der Waals surface area contributed by atoms with Crippen molar-refractivity contribution in [3.63, 3.8) is 0 Å². The van der Waals surface area contributed by atoms with E-state index in [0.29, 0.717) is 0 Å². The summed E-state index contributed by atoms with van der Waals surface area (Å²) in [7, 11) is 2.29. The van der Waals surface area contributed by atoms with Crippen LogP contribution in [0.25, 0.3) is 0 Å². The Morgan fingerprint density at radius 1 is 1.15 bits per heavy atom. The van der Waals surface area contributed by atoms with Crippen molar-refractivity contribution < 1.29 is 0 Å². The summed E-state index contributed by atoms with van der Waals surface area (Å²) in [6, 6.07) is 0.874. The van der Waals surface area contributed by atoms with Crippen LogP contribution < -0.4 is 0 Å². The normalized spacial score (nSPS) is 30.0. The summed E-state index contributed by atoms with van der Waals surface area (Å²) in [6.45, 7) is 8.27. The van der Waals surface area contributed by atoms with Gasteiger partial charge in [-0.05, 0) is 44.6 Å². The molecule has 0 heterocycles. The number of nitrogens with zero attached hydrogens (tertiary/aromatic N) is 1. The predicted molar refractivity (Wildman–Crippen MR) is 58.9 cm³/mol. The van der Waals surface area contributed by atoms with Crippen molar-refractivity contribution in [1.29, 1.82) is 0 Å². The number of rotatable bonds is 3. The Labute approximate surface area is 83.5 Å². The molecule has 78 valence electrons. The maximum atomic E-state index is 2.57. The summed E-state index contributed by atoms with van der Waals surface area (Å²) in [5.41, 5.74) is 0. The molecule has 0 aromatic carbocycles. The summed E-state index contributed by atoms with van der Waals surface area (Å²) < 4.78 is 0. The molecule has 0 atom stereocenters. The van der Waals surface area contributed by atoms with E-state index in [1.807, 2.05) is 0 Å². The van der Waals surface area contributed by atoms with Gasteiger partial charge in [0.2, 0.25) is 0 Å². The van der Waals surface area contributed by atoms with Crippen LogP contribution in [0.1, 0.15) is 46.5 Å². The fourth-order valence-corrected chi connectivity index (χ4v) is 2.41. The molecule has 0 aromatic heterocycles.